The van der Waals surface area contributed by atoms with Crippen molar-refractivity contribution in [3.63, 3.8) is 0 Å². The summed E-state index contributed by atoms with van der Waals surface area (Å²) in [6.07, 6.45) is 0. The summed E-state index contributed by atoms with van der Waals surface area (Å²) in [5.74, 6) is -0.446. The number of hydrogen-bond donors (Lipinski definition) is 2. The number of aliphatic hydroxyl groups is 1. The fraction of sp³-hybridized carbons (Fsp3) is 0.333. The third-order valence-electron chi connectivity index (χ3n) is 3.84. The first kappa shape index (κ1) is 18.2. The van der Waals surface area contributed by atoms with Crippen molar-refractivity contribution in [1.29, 1.82) is 0 Å². The number of rotatable bonds is 6. The number of benzene rings is 1. The molecule has 0 radical (unpaired) electrons. The molecule has 0 aliphatic carbocycles. The second-order valence-corrected chi connectivity index (χ2v) is 6.78. The molecule has 6 heteroatoms. The van der Waals surface area contributed by atoms with E-state index in [1.807, 2.05) is 24.4 Å². The quantitative estimate of drug-likeness (QED) is 0.844. The molecule has 2 aromatic rings. The maximum Gasteiger partial charge on any atom is 0.253 e. The van der Waals surface area contributed by atoms with Gasteiger partial charge >= 0.3 is 0 Å². The normalized spacial score (nSPS) is 13.2. The third kappa shape index (κ3) is 4.21. The van der Waals surface area contributed by atoms with E-state index < -0.39 is 5.60 Å². The molecule has 1 aromatic carbocycles. The van der Waals surface area contributed by atoms with E-state index in [4.69, 9.17) is 0 Å². The average Bonchev–Trinajstić information content (AvgIpc) is 3.14. The maximum absolute atomic E-state index is 12.3. The van der Waals surface area contributed by atoms with Gasteiger partial charge in [0.1, 0.15) is 5.60 Å². The molecule has 1 heterocycles. The Morgan fingerprint density at radius 3 is 2.58 bits per heavy atom. The number of amides is 2. The van der Waals surface area contributed by atoms with E-state index in [1.165, 1.54) is 11.3 Å². The first-order chi connectivity index (χ1) is 11.3. The van der Waals surface area contributed by atoms with Gasteiger partial charge in [-0.2, -0.15) is 0 Å². The van der Waals surface area contributed by atoms with E-state index in [2.05, 4.69) is 5.32 Å². The average molecular weight is 346 g/mol. The summed E-state index contributed by atoms with van der Waals surface area (Å²) in [5, 5.41) is 15.1. The van der Waals surface area contributed by atoms with Gasteiger partial charge < -0.3 is 15.3 Å². The van der Waals surface area contributed by atoms with E-state index >= 15 is 0 Å². The zero-order valence-electron chi connectivity index (χ0n) is 14.1. The van der Waals surface area contributed by atoms with Crippen LogP contribution in [0.3, 0.4) is 0 Å². The molecule has 1 atom stereocenters. The molecule has 24 heavy (non-hydrogen) atoms. The smallest absolute Gasteiger partial charge is 0.253 e. The summed E-state index contributed by atoms with van der Waals surface area (Å²) in [7, 11) is 1.72. The Morgan fingerprint density at radius 2 is 1.96 bits per heavy atom. The fourth-order valence-electron chi connectivity index (χ4n) is 2.18. The van der Waals surface area contributed by atoms with E-state index in [9.17, 15) is 14.7 Å². The van der Waals surface area contributed by atoms with Gasteiger partial charge in [0, 0.05) is 29.6 Å². The second kappa shape index (κ2) is 7.59. The van der Waals surface area contributed by atoms with Crippen LogP contribution in [-0.4, -0.2) is 42.0 Å². The molecule has 1 aromatic heterocycles. The Balaban J connectivity index is 2.06. The number of carbonyl (C=O) groups excluding carboxylic acids is 2. The monoisotopic (exact) mass is 346 g/mol. The van der Waals surface area contributed by atoms with Crippen LogP contribution >= 0.6 is 11.3 Å². The number of nitrogens with zero attached hydrogens (tertiary/aromatic N) is 1. The van der Waals surface area contributed by atoms with Gasteiger partial charge in [0.05, 0.1) is 6.54 Å². The Hall–Kier alpha value is -2.18. The van der Waals surface area contributed by atoms with Crippen LogP contribution in [0.15, 0.2) is 41.8 Å². The maximum atomic E-state index is 12.3. The minimum Gasteiger partial charge on any atom is -0.383 e. The van der Waals surface area contributed by atoms with Gasteiger partial charge in [-0.05, 0) is 43.5 Å². The molecule has 0 saturated carbocycles. The summed E-state index contributed by atoms with van der Waals surface area (Å²) in [4.78, 5) is 26.9. The van der Waals surface area contributed by atoms with Crippen molar-refractivity contribution >= 4 is 23.2 Å². The lowest BCUT2D eigenvalue weighted by Gasteiger charge is -2.22. The molecule has 0 spiro atoms. The largest absolute Gasteiger partial charge is 0.383 e. The lowest BCUT2D eigenvalue weighted by Crippen LogP contribution is -2.38. The van der Waals surface area contributed by atoms with Crippen molar-refractivity contribution < 1.29 is 14.7 Å². The summed E-state index contributed by atoms with van der Waals surface area (Å²) < 4.78 is 0. The lowest BCUT2D eigenvalue weighted by atomic mass is 10.0. The first-order valence-corrected chi connectivity index (χ1v) is 8.63. The van der Waals surface area contributed by atoms with Gasteiger partial charge in [-0.3, -0.25) is 9.59 Å². The van der Waals surface area contributed by atoms with Crippen LogP contribution in [-0.2, 0) is 5.60 Å². The van der Waals surface area contributed by atoms with E-state index in [1.54, 1.807) is 43.1 Å². The van der Waals surface area contributed by atoms with Gasteiger partial charge in [0.25, 0.3) is 11.8 Å². The van der Waals surface area contributed by atoms with Gasteiger partial charge in [-0.1, -0.05) is 12.1 Å². The number of nitrogens with one attached hydrogen (secondary N) is 1. The Morgan fingerprint density at radius 1 is 1.25 bits per heavy atom. The SMILES string of the molecule is CCN(C)C(=O)c1cccc(C(=O)NCC(C)(O)c2cccs2)c1. The van der Waals surface area contributed by atoms with Crippen LogP contribution in [0, 0.1) is 0 Å². The third-order valence-corrected chi connectivity index (χ3v) is 4.96. The van der Waals surface area contributed by atoms with Crippen molar-refractivity contribution in [1.82, 2.24) is 10.2 Å². The van der Waals surface area contributed by atoms with Crippen LogP contribution in [0.2, 0.25) is 0 Å². The molecule has 1 unspecified atom stereocenters. The number of thiophene rings is 1. The molecule has 2 rings (SSSR count). The minimum absolute atomic E-state index is 0.0966. The summed E-state index contributed by atoms with van der Waals surface area (Å²) in [5.41, 5.74) is -0.260. The van der Waals surface area contributed by atoms with Gasteiger partial charge in [0.2, 0.25) is 0 Å². The summed E-state index contributed by atoms with van der Waals surface area (Å²) >= 11 is 1.44. The zero-order valence-corrected chi connectivity index (χ0v) is 14.9. The molecule has 0 aliphatic heterocycles. The molecule has 0 bridgehead atoms. The zero-order chi connectivity index (χ0) is 17.7. The highest BCUT2D eigenvalue weighted by molar-refractivity contribution is 7.10. The highest BCUT2D eigenvalue weighted by Gasteiger charge is 2.25. The van der Waals surface area contributed by atoms with Crippen molar-refractivity contribution in [2.45, 2.75) is 19.4 Å². The highest BCUT2D eigenvalue weighted by Crippen LogP contribution is 2.24. The van der Waals surface area contributed by atoms with Crippen LogP contribution in [0.1, 0.15) is 39.4 Å². The van der Waals surface area contributed by atoms with Crippen LogP contribution < -0.4 is 5.32 Å². The predicted octanol–water partition coefficient (Wildman–Crippen LogP) is 2.48. The van der Waals surface area contributed by atoms with Gasteiger partial charge in [0.15, 0.2) is 0 Å². The molecule has 2 N–H and O–H groups in total. The van der Waals surface area contributed by atoms with Crippen LogP contribution in [0.5, 0.6) is 0 Å². The topological polar surface area (TPSA) is 69.6 Å². The van der Waals surface area contributed by atoms with Crippen molar-refractivity contribution in [3.05, 3.63) is 57.8 Å². The summed E-state index contributed by atoms with van der Waals surface area (Å²) in [6.45, 7) is 4.24. The Kier molecular flexibility index (Phi) is 5.75. The van der Waals surface area contributed by atoms with Crippen LogP contribution in [0.4, 0.5) is 0 Å². The molecule has 0 aliphatic rings. The van der Waals surface area contributed by atoms with E-state index in [0.29, 0.717) is 17.7 Å². The van der Waals surface area contributed by atoms with Crippen molar-refractivity contribution in [2.75, 3.05) is 20.1 Å². The highest BCUT2D eigenvalue weighted by atomic mass is 32.1. The van der Waals surface area contributed by atoms with Gasteiger partial charge in [-0.15, -0.1) is 11.3 Å². The first-order valence-electron chi connectivity index (χ1n) is 7.75. The standard InChI is InChI=1S/C18H22N2O3S/c1-4-20(3)17(22)14-8-5-7-13(11-14)16(21)19-12-18(2,23)15-9-6-10-24-15/h5-11,23H,4,12H2,1-3H3,(H,19,21). The molecular formula is C18H22N2O3S. The predicted molar refractivity (Wildman–Crippen MR) is 95.3 cm³/mol. The molecule has 128 valence electrons. The molecular weight excluding hydrogens is 324 g/mol. The molecule has 0 fully saturated rings. The number of carbonyl (C=O) groups is 2. The van der Waals surface area contributed by atoms with E-state index in [0.717, 1.165) is 4.88 Å². The Bertz CT molecular complexity index is 711. The van der Waals surface area contributed by atoms with Crippen molar-refractivity contribution in [2.24, 2.45) is 0 Å². The molecule has 5 nitrogen and oxygen atoms in total. The minimum atomic E-state index is -1.13. The Labute approximate surface area is 145 Å². The fourth-order valence-corrected chi connectivity index (χ4v) is 2.97. The lowest BCUT2D eigenvalue weighted by molar-refractivity contribution is 0.0556. The van der Waals surface area contributed by atoms with Gasteiger partial charge in [-0.25, -0.2) is 0 Å². The van der Waals surface area contributed by atoms with Crippen molar-refractivity contribution in [3.8, 4) is 0 Å². The molecule has 0 saturated heterocycles. The molecule has 2 amide bonds. The second-order valence-electron chi connectivity index (χ2n) is 5.83. The van der Waals surface area contributed by atoms with E-state index in [-0.39, 0.29) is 18.4 Å². The summed E-state index contributed by atoms with van der Waals surface area (Å²) in [6, 6.07) is 10.3. The number of hydrogen-bond acceptors (Lipinski definition) is 4. The van der Waals surface area contributed by atoms with Crippen LogP contribution in [0.25, 0.3) is 0 Å².